The standard InChI is InChI=1S/C16H27FN2O3/c1-2-3-18-4-7-22-16(10-18)11-19(5-6-21-12-16)15(20)13-8-14(17)9-13/h13-14H,2-12H2,1H3. The van der Waals surface area contributed by atoms with E-state index in [9.17, 15) is 9.18 Å². The molecule has 1 aliphatic carbocycles. The van der Waals surface area contributed by atoms with E-state index in [1.807, 2.05) is 4.90 Å². The maximum atomic E-state index is 13.0. The van der Waals surface area contributed by atoms with Crippen LogP contribution in [0.15, 0.2) is 0 Å². The smallest absolute Gasteiger partial charge is 0.226 e. The third-order valence-corrected chi connectivity index (χ3v) is 4.96. The summed E-state index contributed by atoms with van der Waals surface area (Å²) < 4.78 is 24.8. The Kier molecular flexibility index (Phi) is 5.00. The first kappa shape index (κ1) is 16.1. The van der Waals surface area contributed by atoms with Gasteiger partial charge in [0.1, 0.15) is 11.8 Å². The highest BCUT2D eigenvalue weighted by Gasteiger charge is 2.44. The summed E-state index contributed by atoms with van der Waals surface area (Å²) in [6.07, 6.45) is 1.08. The minimum absolute atomic E-state index is 0.0787. The van der Waals surface area contributed by atoms with Crippen LogP contribution in [0.1, 0.15) is 26.2 Å². The second-order valence-electron chi connectivity index (χ2n) is 6.89. The molecule has 1 atom stereocenters. The average molecular weight is 314 g/mol. The Morgan fingerprint density at radius 3 is 2.82 bits per heavy atom. The van der Waals surface area contributed by atoms with Gasteiger partial charge in [-0.05, 0) is 25.8 Å². The highest BCUT2D eigenvalue weighted by Crippen LogP contribution is 2.33. The molecule has 0 aromatic carbocycles. The Bertz CT molecular complexity index is 401. The van der Waals surface area contributed by atoms with Crippen molar-refractivity contribution in [1.82, 2.24) is 9.80 Å². The average Bonchev–Trinajstić information content (AvgIpc) is 2.67. The highest BCUT2D eigenvalue weighted by molar-refractivity contribution is 5.80. The fraction of sp³-hybridized carbons (Fsp3) is 0.938. The molecule has 3 rings (SSSR count). The van der Waals surface area contributed by atoms with Crippen LogP contribution >= 0.6 is 0 Å². The van der Waals surface area contributed by atoms with E-state index in [0.29, 0.717) is 45.8 Å². The van der Waals surface area contributed by atoms with Crippen LogP contribution in [0.4, 0.5) is 4.39 Å². The summed E-state index contributed by atoms with van der Waals surface area (Å²) in [6, 6.07) is 0. The number of nitrogens with zero attached hydrogens (tertiary/aromatic N) is 2. The van der Waals surface area contributed by atoms with Crippen molar-refractivity contribution in [2.24, 2.45) is 5.92 Å². The molecule has 2 aliphatic heterocycles. The molecular formula is C16H27FN2O3. The predicted molar refractivity (Wildman–Crippen MR) is 80.4 cm³/mol. The minimum Gasteiger partial charge on any atom is -0.376 e. The third-order valence-electron chi connectivity index (χ3n) is 4.96. The molecular weight excluding hydrogens is 287 g/mol. The summed E-state index contributed by atoms with van der Waals surface area (Å²) in [6.45, 7) is 7.88. The van der Waals surface area contributed by atoms with Crippen LogP contribution in [0.3, 0.4) is 0 Å². The number of halogens is 1. The van der Waals surface area contributed by atoms with E-state index in [1.54, 1.807) is 0 Å². The Balaban J connectivity index is 1.65. The van der Waals surface area contributed by atoms with Gasteiger partial charge in [0.2, 0.25) is 5.91 Å². The fourth-order valence-electron chi connectivity index (χ4n) is 3.72. The summed E-state index contributed by atoms with van der Waals surface area (Å²) in [4.78, 5) is 16.8. The normalized spacial score (nSPS) is 36.9. The van der Waals surface area contributed by atoms with Gasteiger partial charge in [-0.25, -0.2) is 4.39 Å². The molecule has 0 aromatic heterocycles. The Morgan fingerprint density at radius 2 is 2.09 bits per heavy atom. The highest BCUT2D eigenvalue weighted by atomic mass is 19.1. The van der Waals surface area contributed by atoms with Crippen molar-refractivity contribution in [3.05, 3.63) is 0 Å². The van der Waals surface area contributed by atoms with Crippen molar-refractivity contribution in [2.75, 3.05) is 52.5 Å². The molecule has 5 nitrogen and oxygen atoms in total. The number of alkyl halides is 1. The first-order chi connectivity index (χ1) is 10.6. The maximum Gasteiger partial charge on any atom is 0.226 e. The van der Waals surface area contributed by atoms with Crippen molar-refractivity contribution >= 4 is 5.91 Å². The van der Waals surface area contributed by atoms with E-state index < -0.39 is 11.8 Å². The van der Waals surface area contributed by atoms with Gasteiger partial charge < -0.3 is 14.4 Å². The molecule has 1 unspecified atom stereocenters. The monoisotopic (exact) mass is 314 g/mol. The van der Waals surface area contributed by atoms with E-state index in [-0.39, 0.29) is 11.8 Å². The molecule has 6 heteroatoms. The molecule has 22 heavy (non-hydrogen) atoms. The Hall–Kier alpha value is -0.720. The second-order valence-corrected chi connectivity index (χ2v) is 6.89. The number of morpholine rings is 1. The molecule has 2 heterocycles. The third kappa shape index (κ3) is 3.44. The van der Waals surface area contributed by atoms with Crippen molar-refractivity contribution < 1.29 is 18.7 Å². The van der Waals surface area contributed by atoms with Gasteiger partial charge in [0.25, 0.3) is 0 Å². The van der Waals surface area contributed by atoms with E-state index in [2.05, 4.69) is 11.8 Å². The lowest BCUT2D eigenvalue weighted by molar-refractivity contribution is -0.156. The van der Waals surface area contributed by atoms with Gasteiger partial charge in [0, 0.05) is 25.6 Å². The largest absolute Gasteiger partial charge is 0.376 e. The van der Waals surface area contributed by atoms with Gasteiger partial charge in [-0.3, -0.25) is 9.69 Å². The van der Waals surface area contributed by atoms with E-state index >= 15 is 0 Å². The van der Waals surface area contributed by atoms with Gasteiger partial charge in [0.15, 0.2) is 0 Å². The lowest BCUT2D eigenvalue weighted by atomic mass is 9.82. The topological polar surface area (TPSA) is 42.0 Å². The molecule has 3 aliphatic rings. The molecule has 0 radical (unpaired) electrons. The van der Waals surface area contributed by atoms with Crippen molar-refractivity contribution in [1.29, 1.82) is 0 Å². The van der Waals surface area contributed by atoms with Crippen LogP contribution in [0.2, 0.25) is 0 Å². The molecule has 3 fully saturated rings. The Morgan fingerprint density at radius 1 is 1.27 bits per heavy atom. The lowest BCUT2D eigenvalue weighted by Gasteiger charge is -2.44. The summed E-state index contributed by atoms with van der Waals surface area (Å²) >= 11 is 0. The number of hydrogen-bond acceptors (Lipinski definition) is 4. The fourth-order valence-corrected chi connectivity index (χ4v) is 3.72. The van der Waals surface area contributed by atoms with Crippen LogP contribution in [0.25, 0.3) is 0 Å². The van der Waals surface area contributed by atoms with Crippen LogP contribution in [0.5, 0.6) is 0 Å². The molecule has 2 saturated heterocycles. The van der Waals surface area contributed by atoms with Crippen LogP contribution in [0, 0.1) is 5.92 Å². The second kappa shape index (κ2) is 6.81. The van der Waals surface area contributed by atoms with Gasteiger partial charge in [-0.1, -0.05) is 6.92 Å². The molecule has 0 N–H and O–H groups in total. The van der Waals surface area contributed by atoms with Crippen LogP contribution < -0.4 is 0 Å². The van der Waals surface area contributed by atoms with E-state index in [1.165, 1.54) is 0 Å². The van der Waals surface area contributed by atoms with Gasteiger partial charge in [-0.15, -0.1) is 0 Å². The quantitative estimate of drug-likeness (QED) is 0.782. The van der Waals surface area contributed by atoms with E-state index in [4.69, 9.17) is 9.47 Å². The van der Waals surface area contributed by atoms with Crippen molar-refractivity contribution in [3.8, 4) is 0 Å². The van der Waals surface area contributed by atoms with Gasteiger partial charge in [-0.2, -0.15) is 0 Å². The first-order valence-electron chi connectivity index (χ1n) is 8.49. The first-order valence-corrected chi connectivity index (χ1v) is 8.49. The van der Waals surface area contributed by atoms with Crippen LogP contribution in [-0.2, 0) is 14.3 Å². The van der Waals surface area contributed by atoms with Gasteiger partial charge in [0.05, 0.1) is 26.4 Å². The summed E-state index contributed by atoms with van der Waals surface area (Å²) in [5, 5.41) is 0. The van der Waals surface area contributed by atoms with Crippen LogP contribution in [-0.4, -0.2) is 80.0 Å². The number of carbonyl (C=O) groups is 1. The zero-order valence-corrected chi connectivity index (χ0v) is 13.4. The van der Waals surface area contributed by atoms with E-state index in [0.717, 1.165) is 26.1 Å². The van der Waals surface area contributed by atoms with Crippen molar-refractivity contribution in [2.45, 2.75) is 38.0 Å². The maximum absolute atomic E-state index is 13.0. The summed E-state index contributed by atoms with van der Waals surface area (Å²) in [7, 11) is 0. The molecule has 1 amide bonds. The minimum atomic E-state index is -0.794. The predicted octanol–water partition coefficient (Wildman–Crippen LogP) is 1.07. The zero-order valence-electron chi connectivity index (χ0n) is 13.4. The zero-order chi connectivity index (χ0) is 15.6. The number of ether oxygens (including phenoxy) is 2. The number of carbonyl (C=O) groups excluding carboxylic acids is 1. The lowest BCUT2D eigenvalue weighted by Crippen LogP contribution is -2.60. The summed E-state index contributed by atoms with van der Waals surface area (Å²) in [5.74, 6) is -0.0597. The molecule has 0 bridgehead atoms. The molecule has 0 aromatic rings. The number of amides is 1. The number of rotatable bonds is 3. The molecule has 126 valence electrons. The Labute approximate surface area is 131 Å². The van der Waals surface area contributed by atoms with Crippen molar-refractivity contribution in [3.63, 3.8) is 0 Å². The molecule has 1 saturated carbocycles. The number of hydrogen-bond donors (Lipinski definition) is 0. The van der Waals surface area contributed by atoms with Gasteiger partial charge >= 0.3 is 0 Å². The SMILES string of the molecule is CCCN1CCOC2(COCCN(C(=O)C3CC(F)C3)C2)C1. The molecule has 1 spiro atoms. The summed E-state index contributed by atoms with van der Waals surface area (Å²) in [5.41, 5.74) is -0.418.